The molecular weight excluding hydrogens is 378 g/mol. The van der Waals surface area contributed by atoms with Crippen molar-refractivity contribution in [1.29, 1.82) is 0 Å². The molecule has 0 saturated heterocycles. The van der Waals surface area contributed by atoms with Crippen LogP contribution in [0, 0.1) is 0 Å². The van der Waals surface area contributed by atoms with E-state index in [0.717, 1.165) is 19.5 Å². The molecule has 0 fully saturated rings. The summed E-state index contributed by atoms with van der Waals surface area (Å²) >= 11 is 1.85. The van der Waals surface area contributed by atoms with E-state index in [1.165, 1.54) is 27.2 Å². The highest BCUT2D eigenvalue weighted by atomic mass is 32.2. The maximum atomic E-state index is 8.36. The highest BCUT2D eigenvalue weighted by Crippen LogP contribution is 2.30. The molecule has 0 aliphatic carbocycles. The van der Waals surface area contributed by atoms with Gasteiger partial charge < -0.3 is 5.11 Å². The molecule has 0 bridgehead atoms. The van der Waals surface area contributed by atoms with Crippen molar-refractivity contribution in [2.45, 2.75) is 52.5 Å². The normalized spacial score (nSPS) is 12.5. The van der Waals surface area contributed by atoms with Crippen LogP contribution >= 0.6 is 11.9 Å². The number of fused-ring (bicyclic) bond motifs is 1. The standard InChI is InChI=1S/C20H21NS.2C2H6.CH2O2/c1-3-16(4-2)18-9-11-20(12-10-18)22-21-14-13-17-7-5-6-8-19(17)15-21;2*1-2;2-1-3/h3-12H,1,13-15H2,2H3;2*1-2H3;1H,(H,2,3)/b16-4+;;;. The molecule has 3 nitrogen and oxygen atoms in total. The van der Waals surface area contributed by atoms with E-state index in [4.69, 9.17) is 9.90 Å². The van der Waals surface area contributed by atoms with Crippen LogP contribution in [-0.2, 0) is 17.8 Å². The molecule has 0 radical (unpaired) electrons. The zero-order valence-electron chi connectivity index (χ0n) is 18.4. The van der Waals surface area contributed by atoms with Gasteiger partial charge in [0.1, 0.15) is 0 Å². The highest BCUT2D eigenvalue weighted by molar-refractivity contribution is 7.97. The van der Waals surface area contributed by atoms with E-state index >= 15 is 0 Å². The molecule has 0 aromatic heterocycles. The van der Waals surface area contributed by atoms with Gasteiger partial charge in [0, 0.05) is 18.0 Å². The minimum Gasteiger partial charge on any atom is -0.483 e. The quantitative estimate of drug-likeness (QED) is 0.330. The molecule has 1 N–H and O–H groups in total. The minimum absolute atomic E-state index is 0.250. The molecule has 4 heteroatoms. The van der Waals surface area contributed by atoms with Gasteiger partial charge in [0.15, 0.2) is 0 Å². The fourth-order valence-electron chi connectivity index (χ4n) is 2.81. The molecule has 0 amide bonds. The van der Waals surface area contributed by atoms with E-state index in [9.17, 15) is 0 Å². The van der Waals surface area contributed by atoms with E-state index in [1.807, 2.05) is 52.6 Å². The maximum Gasteiger partial charge on any atom is 0.290 e. The second kappa shape index (κ2) is 16.6. The number of carboxylic acid groups (broad SMARTS) is 1. The Labute approximate surface area is 181 Å². The summed E-state index contributed by atoms with van der Waals surface area (Å²) in [5.74, 6) is 0. The molecule has 0 unspecified atom stereocenters. The summed E-state index contributed by atoms with van der Waals surface area (Å²) < 4.78 is 2.45. The second-order valence-electron chi connectivity index (χ2n) is 5.55. The van der Waals surface area contributed by atoms with Crippen LogP contribution in [-0.4, -0.2) is 22.4 Å². The van der Waals surface area contributed by atoms with Gasteiger partial charge in [-0.1, -0.05) is 82.8 Å². The van der Waals surface area contributed by atoms with Crippen LogP contribution in [0.2, 0.25) is 0 Å². The predicted molar refractivity (Wildman–Crippen MR) is 128 cm³/mol. The molecule has 0 saturated carbocycles. The predicted octanol–water partition coefficient (Wildman–Crippen LogP) is 7.09. The third kappa shape index (κ3) is 9.16. The Hall–Kier alpha value is -2.30. The lowest BCUT2D eigenvalue weighted by Gasteiger charge is -2.27. The lowest BCUT2D eigenvalue weighted by molar-refractivity contribution is -0.122. The monoisotopic (exact) mass is 413 g/mol. The molecule has 0 spiro atoms. The lowest BCUT2D eigenvalue weighted by Crippen LogP contribution is -2.24. The summed E-state index contributed by atoms with van der Waals surface area (Å²) in [4.78, 5) is 9.66. The van der Waals surface area contributed by atoms with Gasteiger partial charge in [0.2, 0.25) is 0 Å². The minimum atomic E-state index is -0.250. The summed E-state index contributed by atoms with van der Waals surface area (Å²) in [6.45, 7) is 15.8. The van der Waals surface area contributed by atoms with Gasteiger partial charge in [-0.3, -0.25) is 4.79 Å². The lowest BCUT2D eigenvalue weighted by atomic mass is 10.0. The van der Waals surface area contributed by atoms with Crippen molar-refractivity contribution in [3.63, 3.8) is 0 Å². The maximum absolute atomic E-state index is 8.36. The number of nitrogens with zero attached hydrogens (tertiary/aromatic N) is 1. The number of hydrogen-bond donors (Lipinski definition) is 1. The molecule has 158 valence electrons. The van der Waals surface area contributed by atoms with Crippen molar-refractivity contribution >= 4 is 24.0 Å². The first-order chi connectivity index (χ1) is 14.2. The Morgan fingerprint density at radius 1 is 1.03 bits per heavy atom. The fourth-order valence-corrected chi connectivity index (χ4v) is 3.75. The van der Waals surface area contributed by atoms with Crippen molar-refractivity contribution in [3.8, 4) is 0 Å². The highest BCUT2D eigenvalue weighted by Gasteiger charge is 2.16. The van der Waals surface area contributed by atoms with E-state index in [-0.39, 0.29) is 6.47 Å². The Bertz CT molecular complexity index is 739. The number of benzene rings is 2. The summed E-state index contributed by atoms with van der Waals surface area (Å²) in [7, 11) is 0. The van der Waals surface area contributed by atoms with Crippen molar-refractivity contribution in [2.24, 2.45) is 0 Å². The first-order valence-corrected chi connectivity index (χ1v) is 11.0. The molecule has 1 aliphatic rings. The summed E-state index contributed by atoms with van der Waals surface area (Å²) in [6.07, 6.45) is 5.14. The van der Waals surface area contributed by atoms with Crippen molar-refractivity contribution in [3.05, 3.63) is 84.0 Å². The van der Waals surface area contributed by atoms with Crippen molar-refractivity contribution in [2.75, 3.05) is 6.54 Å². The van der Waals surface area contributed by atoms with E-state index in [1.54, 1.807) is 0 Å². The molecular formula is C25H35NO2S. The molecule has 1 heterocycles. The Morgan fingerprint density at radius 2 is 1.59 bits per heavy atom. The Morgan fingerprint density at radius 3 is 2.10 bits per heavy atom. The van der Waals surface area contributed by atoms with Crippen LogP contribution in [0.4, 0.5) is 0 Å². The van der Waals surface area contributed by atoms with E-state index < -0.39 is 0 Å². The van der Waals surface area contributed by atoms with Gasteiger partial charge in [-0.05, 0) is 59.7 Å². The topological polar surface area (TPSA) is 40.5 Å². The Kier molecular flexibility index (Phi) is 15.3. The van der Waals surface area contributed by atoms with Gasteiger partial charge in [-0.15, -0.1) is 0 Å². The first kappa shape index (κ1) is 26.7. The number of hydrogen-bond acceptors (Lipinski definition) is 3. The summed E-state index contributed by atoms with van der Waals surface area (Å²) in [5, 5.41) is 6.89. The van der Waals surface area contributed by atoms with Crippen LogP contribution in [0.1, 0.15) is 51.3 Å². The van der Waals surface area contributed by atoms with Gasteiger partial charge in [0.05, 0.1) is 0 Å². The largest absolute Gasteiger partial charge is 0.483 e. The van der Waals surface area contributed by atoms with Crippen molar-refractivity contribution < 1.29 is 9.90 Å². The third-order valence-corrected chi connectivity index (χ3v) is 5.10. The average Bonchev–Trinajstić information content (AvgIpc) is 2.79. The first-order valence-electron chi connectivity index (χ1n) is 10.2. The Balaban J connectivity index is 0.00000100. The molecule has 0 atom stereocenters. The zero-order valence-corrected chi connectivity index (χ0v) is 19.2. The van der Waals surface area contributed by atoms with Gasteiger partial charge in [0.25, 0.3) is 6.47 Å². The summed E-state index contributed by atoms with van der Waals surface area (Å²) in [5.41, 5.74) is 5.37. The SMILES string of the molecule is C=C/C(=C\C)c1ccc(SN2CCc3ccccc3C2)cc1.CC.CC.O=CO. The van der Waals surface area contributed by atoms with E-state index in [2.05, 4.69) is 65.5 Å². The fraction of sp³-hybridized carbons (Fsp3) is 0.320. The third-order valence-electron chi connectivity index (χ3n) is 4.05. The number of allylic oxidation sites excluding steroid dienone is 3. The van der Waals surface area contributed by atoms with Crippen LogP contribution in [0.15, 0.2) is 72.2 Å². The molecule has 29 heavy (non-hydrogen) atoms. The second-order valence-corrected chi connectivity index (χ2v) is 6.72. The van der Waals surface area contributed by atoms with Crippen LogP contribution < -0.4 is 0 Å². The van der Waals surface area contributed by atoms with Gasteiger partial charge in [-0.2, -0.15) is 0 Å². The van der Waals surface area contributed by atoms with E-state index in [0.29, 0.717) is 0 Å². The number of carbonyl (C=O) groups is 1. The van der Waals surface area contributed by atoms with Crippen molar-refractivity contribution in [1.82, 2.24) is 4.31 Å². The van der Waals surface area contributed by atoms with Gasteiger partial charge in [-0.25, -0.2) is 4.31 Å². The smallest absolute Gasteiger partial charge is 0.290 e. The zero-order chi connectivity index (χ0) is 22.1. The summed E-state index contributed by atoms with van der Waals surface area (Å²) in [6, 6.07) is 17.5. The molecule has 2 aromatic rings. The molecule has 2 aromatic carbocycles. The average molecular weight is 414 g/mol. The molecule has 1 aliphatic heterocycles. The van der Waals surface area contributed by atoms with Crippen LogP contribution in [0.5, 0.6) is 0 Å². The number of rotatable bonds is 4. The van der Waals surface area contributed by atoms with Crippen LogP contribution in [0.25, 0.3) is 5.57 Å². The van der Waals surface area contributed by atoms with Gasteiger partial charge >= 0.3 is 0 Å². The van der Waals surface area contributed by atoms with Crippen LogP contribution in [0.3, 0.4) is 0 Å². The molecule has 3 rings (SSSR count).